The molecule has 16 heavy (non-hydrogen) atoms. The molecule has 84 valence electrons. The van der Waals surface area contributed by atoms with Crippen LogP contribution in [0.2, 0.25) is 0 Å². The first-order valence-electron chi connectivity index (χ1n) is 4.45. The van der Waals surface area contributed by atoms with E-state index in [-0.39, 0.29) is 5.52 Å². The predicted octanol–water partition coefficient (Wildman–Crippen LogP) is 2.54. The van der Waals surface area contributed by atoms with Crippen LogP contribution in [0, 0.1) is 0 Å². The van der Waals surface area contributed by atoms with E-state index in [9.17, 15) is 13.2 Å². The van der Waals surface area contributed by atoms with Crippen molar-refractivity contribution in [3.8, 4) is 0 Å². The van der Waals surface area contributed by atoms with Gasteiger partial charge in [-0.25, -0.2) is 0 Å². The second-order valence-electron chi connectivity index (χ2n) is 3.20. The summed E-state index contributed by atoms with van der Waals surface area (Å²) in [4.78, 5) is 3.74. The first-order valence-corrected chi connectivity index (χ1v) is 4.45. The van der Waals surface area contributed by atoms with Gasteiger partial charge in [0.2, 0.25) is 0 Å². The number of rotatable bonds is 1. The largest absolute Gasteiger partial charge is 0.418 e. The van der Waals surface area contributed by atoms with Crippen molar-refractivity contribution in [2.45, 2.75) is 6.18 Å². The number of para-hydroxylation sites is 1. The highest BCUT2D eigenvalue weighted by Crippen LogP contribution is 2.35. The van der Waals surface area contributed by atoms with Gasteiger partial charge in [0, 0.05) is 11.6 Å². The van der Waals surface area contributed by atoms with Gasteiger partial charge in [0.1, 0.15) is 0 Å². The number of pyridine rings is 1. The number of benzene rings is 1. The van der Waals surface area contributed by atoms with Crippen LogP contribution < -0.4 is 11.3 Å². The minimum atomic E-state index is -4.42. The van der Waals surface area contributed by atoms with Crippen molar-refractivity contribution in [3.05, 3.63) is 36.0 Å². The number of nitrogen functional groups attached to an aromatic ring is 1. The number of nitrogens with one attached hydrogen (secondary N) is 1. The average Bonchev–Trinajstić information content (AvgIpc) is 2.26. The van der Waals surface area contributed by atoms with Crippen LogP contribution in [0.15, 0.2) is 30.5 Å². The third kappa shape index (κ3) is 1.67. The topological polar surface area (TPSA) is 50.9 Å². The molecule has 0 bridgehead atoms. The van der Waals surface area contributed by atoms with E-state index >= 15 is 0 Å². The lowest BCUT2D eigenvalue weighted by atomic mass is 10.1. The molecule has 0 aliphatic heterocycles. The first kappa shape index (κ1) is 10.7. The lowest BCUT2D eigenvalue weighted by Gasteiger charge is -2.11. The average molecular weight is 227 g/mol. The van der Waals surface area contributed by atoms with Crippen LogP contribution in [-0.4, -0.2) is 4.98 Å². The Labute approximate surface area is 89.1 Å². The lowest BCUT2D eigenvalue weighted by molar-refractivity contribution is -0.136. The standard InChI is InChI=1S/C10H8F3N3/c11-10(12,13)7-3-1-2-6-8(16-14)4-5-15-9(6)7/h1-5H,14H2,(H,15,16). The fourth-order valence-corrected chi connectivity index (χ4v) is 1.53. The Morgan fingerprint density at radius 2 is 1.94 bits per heavy atom. The number of aromatic nitrogens is 1. The number of nitrogens with zero attached hydrogens (tertiary/aromatic N) is 1. The number of hydrogen-bond acceptors (Lipinski definition) is 3. The summed E-state index contributed by atoms with van der Waals surface area (Å²) in [6.45, 7) is 0. The van der Waals surface area contributed by atoms with E-state index in [1.165, 1.54) is 24.4 Å². The van der Waals surface area contributed by atoms with E-state index in [1.807, 2.05) is 0 Å². The minimum Gasteiger partial charge on any atom is -0.323 e. The van der Waals surface area contributed by atoms with E-state index in [0.29, 0.717) is 11.1 Å². The van der Waals surface area contributed by atoms with E-state index < -0.39 is 11.7 Å². The zero-order chi connectivity index (χ0) is 11.8. The quantitative estimate of drug-likeness (QED) is 0.581. The second-order valence-corrected chi connectivity index (χ2v) is 3.20. The molecule has 3 N–H and O–H groups in total. The molecule has 0 spiro atoms. The maximum atomic E-state index is 12.7. The summed E-state index contributed by atoms with van der Waals surface area (Å²) in [5.74, 6) is 5.22. The molecule has 1 aromatic heterocycles. The molecule has 0 unspecified atom stereocenters. The summed E-state index contributed by atoms with van der Waals surface area (Å²) in [6.07, 6.45) is -3.13. The van der Waals surface area contributed by atoms with Gasteiger partial charge >= 0.3 is 6.18 Å². The number of hydrazine groups is 1. The maximum absolute atomic E-state index is 12.7. The van der Waals surface area contributed by atoms with Crippen molar-refractivity contribution in [1.29, 1.82) is 0 Å². The molecule has 3 nitrogen and oxygen atoms in total. The summed E-state index contributed by atoms with van der Waals surface area (Å²) in [6, 6.07) is 5.37. The number of alkyl halides is 3. The van der Waals surface area contributed by atoms with E-state index in [4.69, 9.17) is 5.84 Å². The molecule has 0 aliphatic carbocycles. The number of anilines is 1. The lowest BCUT2D eigenvalue weighted by Crippen LogP contribution is -2.10. The molecular weight excluding hydrogens is 219 g/mol. The molecule has 0 saturated carbocycles. The van der Waals surface area contributed by atoms with Crippen molar-refractivity contribution >= 4 is 16.6 Å². The number of fused-ring (bicyclic) bond motifs is 1. The summed E-state index contributed by atoms with van der Waals surface area (Å²) in [5.41, 5.74) is 1.89. The van der Waals surface area contributed by atoms with E-state index in [1.54, 1.807) is 0 Å². The smallest absolute Gasteiger partial charge is 0.323 e. The molecule has 0 radical (unpaired) electrons. The Kier molecular flexibility index (Phi) is 2.43. The van der Waals surface area contributed by atoms with E-state index in [2.05, 4.69) is 10.4 Å². The van der Waals surface area contributed by atoms with Crippen LogP contribution in [0.4, 0.5) is 18.9 Å². The van der Waals surface area contributed by atoms with Gasteiger partial charge in [-0.1, -0.05) is 12.1 Å². The van der Waals surface area contributed by atoms with Crippen LogP contribution in [0.25, 0.3) is 10.9 Å². The van der Waals surface area contributed by atoms with E-state index in [0.717, 1.165) is 6.07 Å². The number of hydrogen-bond donors (Lipinski definition) is 2. The van der Waals surface area contributed by atoms with Gasteiger partial charge in [-0.15, -0.1) is 0 Å². The third-order valence-electron chi connectivity index (χ3n) is 2.23. The molecule has 0 atom stereocenters. The van der Waals surface area contributed by atoms with Gasteiger partial charge in [0.15, 0.2) is 0 Å². The predicted molar refractivity (Wildman–Crippen MR) is 54.6 cm³/mol. The second kappa shape index (κ2) is 3.64. The summed E-state index contributed by atoms with van der Waals surface area (Å²) < 4.78 is 38.0. The number of nitrogens with two attached hydrogens (primary N) is 1. The monoisotopic (exact) mass is 227 g/mol. The van der Waals surface area contributed by atoms with Crippen molar-refractivity contribution in [2.75, 3.05) is 5.43 Å². The van der Waals surface area contributed by atoms with Crippen LogP contribution in [0.3, 0.4) is 0 Å². The Balaban J connectivity index is 2.79. The maximum Gasteiger partial charge on any atom is 0.418 e. The van der Waals surface area contributed by atoms with Crippen LogP contribution in [0.5, 0.6) is 0 Å². The Morgan fingerprint density at radius 1 is 1.19 bits per heavy atom. The molecule has 1 heterocycles. The Bertz CT molecular complexity index is 522. The van der Waals surface area contributed by atoms with Gasteiger partial charge in [-0.2, -0.15) is 13.2 Å². The number of halogens is 3. The molecule has 6 heteroatoms. The summed E-state index contributed by atoms with van der Waals surface area (Å²) in [7, 11) is 0. The zero-order valence-corrected chi connectivity index (χ0v) is 8.05. The van der Waals surface area contributed by atoms with Gasteiger partial charge in [-0.05, 0) is 12.1 Å². The Morgan fingerprint density at radius 3 is 2.56 bits per heavy atom. The molecular formula is C10H8F3N3. The Hall–Kier alpha value is -1.82. The van der Waals surface area contributed by atoms with Gasteiger partial charge < -0.3 is 5.43 Å². The zero-order valence-electron chi connectivity index (χ0n) is 8.05. The minimum absolute atomic E-state index is 0.106. The SMILES string of the molecule is NNc1ccnc2c(C(F)(F)F)cccc12. The molecule has 1 aromatic carbocycles. The van der Waals surface area contributed by atoms with Crippen molar-refractivity contribution in [2.24, 2.45) is 5.84 Å². The third-order valence-corrected chi connectivity index (χ3v) is 2.23. The molecule has 2 aromatic rings. The normalized spacial score (nSPS) is 11.8. The highest BCUT2D eigenvalue weighted by molar-refractivity contribution is 5.93. The molecule has 0 aliphatic rings. The highest BCUT2D eigenvalue weighted by Gasteiger charge is 2.33. The summed E-state index contributed by atoms with van der Waals surface area (Å²) >= 11 is 0. The molecule has 0 amide bonds. The van der Waals surface area contributed by atoms with Gasteiger partial charge in [0.25, 0.3) is 0 Å². The van der Waals surface area contributed by atoms with Crippen molar-refractivity contribution < 1.29 is 13.2 Å². The van der Waals surface area contributed by atoms with Crippen LogP contribution in [0.1, 0.15) is 5.56 Å². The first-order chi connectivity index (χ1) is 7.54. The highest BCUT2D eigenvalue weighted by atomic mass is 19.4. The van der Waals surface area contributed by atoms with Gasteiger partial charge in [-0.3, -0.25) is 10.8 Å². The van der Waals surface area contributed by atoms with Gasteiger partial charge in [0.05, 0.1) is 16.8 Å². The fraction of sp³-hybridized carbons (Fsp3) is 0.100. The van der Waals surface area contributed by atoms with Crippen LogP contribution in [-0.2, 0) is 6.18 Å². The van der Waals surface area contributed by atoms with Crippen molar-refractivity contribution in [1.82, 2.24) is 4.98 Å². The van der Waals surface area contributed by atoms with Crippen molar-refractivity contribution in [3.63, 3.8) is 0 Å². The summed E-state index contributed by atoms with van der Waals surface area (Å²) in [5, 5.41) is 0.347. The van der Waals surface area contributed by atoms with Crippen LogP contribution >= 0.6 is 0 Å². The molecule has 0 fully saturated rings. The molecule has 2 rings (SSSR count). The fourth-order valence-electron chi connectivity index (χ4n) is 1.53. The molecule has 0 saturated heterocycles.